The average Bonchev–Trinajstić information content (AvgIpc) is 3.88. The number of anilines is 3. The van der Waals surface area contributed by atoms with Crippen molar-refractivity contribution in [3.8, 4) is 39.1 Å². The second-order valence-corrected chi connectivity index (χ2v) is 15.7. The van der Waals surface area contributed by atoms with E-state index in [-0.39, 0.29) is 0 Å². The summed E-state index contributed by atoms with van der Waals surface area (Å²) >= 11 is 0. The predicted octanol–water partition coefficient (Wildman–Crippen LogP) is 16.3. The Balaban J connectivity index is 1.08. The number of benzene rings is 10. The number of nitrogens with zero attached hydrogens (tertiary/aromatic N) is 2. The van der Waals surface area contributed by atoms with Gasteiger partial charge in [-0.1, -0.05) is 164 Å². The van der Waals surface area contributed by atoms with Gasteiger partial charge in [-0.25, -0.2) is 0 Å². The number of aromatic nitrogens is 1. The molecule has 0 atom stereocenters. The first-order valence-electron chi connectivity index (χ1n) is 20.8. The van der Waals surface area contributed by atoms with Crippen molar-refractivity contribution in [3.05, 3.63) is 231 Å². The van der Waals surface area contributed by atoms with Gasteiger partial charge in [0.2, 0.25) is 0 Å². The molecule has 0 unspecified atom stereocenters. The highest BCUT2D eigenvalue weighted by Crippen LogP contribution is 2.45. The average molecular weight is 779 g/mol. The molecule has 2 aromatic heterocycles. The molecule has 0 saturated carbocycles. The maximum absolute atomic E-state index is 6.18. The summed E-state index contributed by atoms with van der Waals surface area (Å²) in [6, 6.07) is 83.2. The molecular formula is C58H38N2O. The molecule has 0 amide bonds. The molecule has 12 rings (SSSR count). The second-order valence-electron chi connectivity index (χ2n) is 15.7. The maximum atomic E-state index is 6.18. The Bertz CT molecular complexity index is 3540. The fourth-order valence-corrected chi connectivity index (χ4v) is 9.33. The third-order valence-electron chi connectivity index (χ3n) is 12.2. The molecule has 0 fully saturated rings. The Kier molecular flexibility index (Phi) is 8.17. The van der Waals surface area contributed by atoms with Gasteiger partial charge < -0.3 is 13.9 Å². The van der Waals surface area contributed by atoms with Gasteiger partial charge in [0.25, 0.3) is 0 Å². The van der Waals surface area contributed by atoms with Crippen LogP contribution in [0.2, 0.25) is 0 Å². The number of furan rings is 1. The van der Waals surface area contributed by atoms with Gasteiger partial charge in [0.15, 0.2) is 0 Å². The van der Waals surface area contributed by atoms with Crippen LogP contribution in [0.3, 0.4) is 0 Å². The van der Waals surface area contributed by atoms with E-state index >= 15 is 0 Å². The van der Waals surface area contributed by atoms with Crippen molar-refractivity contribution in [3.63, 3.8) is 0 Å². The Hall–Kier alpha value is -8.14. The van der Waals surface area contributed by atoms with Gasteiger partial charge in [0.05, 0.1) is 16.7 Å². The summed E-state index contributed by atoms with van der Waals surface area (Å²) in [6.07, 6.45) is 0. The molecule has 0 N–H and O–H groups in total. The van der Waals surface area contributed by atoms with Gasteiger partial charge in [-0.3, -0.25) is 0 Å². The first-order chi connectivity index (χ1) is 30.2. The Morgan fingerprint density at radius 1 is 0.328 bits per heavy atom. The van der Waals surface area contributed by atoms with Crippen LogP contribution >= 0.6 is 0 Å². The molecule has 61 heavy (non-hydrogen) atoms. The van der Waals surface area contributed by atoms with E-state index < -0.39 is 0 Å². The quantitative estimate of drug-likeness (QED) is 0.161. The molecule has 3 heteroatoms. The van der Waals surface area contributed by atoms with Gasteiger partial charge in [-0.2, -0.15) is 0 Å². The zero-order chi connectivity index (χ0) is 40.3. The fourth-order valence-electron chi connectivity index (χ4n) is 9.33. The van der Waals surface area contributed by atoms with Crippen LogP contribution in [0.15, 0.2) is 235 Å². The van der Waals surface area contributed by atoms with E-state index in [9.17, 15) is 0 Å². The van der Waals surface area contributed by atoms with Gasteiger partial charge in [-0.15, -0.1) is 0 Å². The molecule has 0 radical (unpaired) electrons. The topological polar surface area (TPSA) is 21.3 Å². The van der Waals surface area contributed by atoms with Crippen molar-refractivity contribution in [1.82, 2.24) is 4.57 Å². The van der Waals surface area contributed by atoms with Crippen LogP contribution in [-0.4, -0.2) is 4.57 Å². The third kappa shape index (κ3) is 5.90. The minimum Gasteiger partial charge on any atom is -0.456 e. The van der Waals surface area contributed by atoms with Gasteiger partial charge in [0.1, 0.15) is 11.2 Å². The summed E-state index contributed by atoms with van der Waals surface area (Å²) < 4.78 is 8.58. The van der Waals surface area contributed by atoms with Gasteiger partial charge in [0, 0.05) is 44.2 Å². The number of para-hydroxylation sites is 3. The lowest BCUT2D eigenvalue weighted by molar-refractivity contribution is 0.669. The zero-order valence-corrected chi connectivity index (χ0v) is 33.2. The van der Waals surface area contributed by atoms with E-state index in [0.717, 1.165) is 72.5 Å². The van der Waals surface area contributed by atoms with Gasteiger partial charge >= 0.3 is 0 Å². The molecule has 0 saturated heterocycles. The molecule has 286 valence electrons. The molecular weight excluding hydrogens is 741 g/mol. The molecule has 3 nitrogen and oxygen atoms in total. The highest BCUT2D eigenvalue weighted by atomic mass is 16.3. The summed E-state index contributed by atoms with van der Waals surface area (Å²) in [4.78, 5) is 2.44. The molecule has 0 spiro atoms. The summed E-state index contributed by atoms with van der Waals surface area (Å²) in [5.41, 5.74) is 15.4. The highest BCUT2D eigenvalue weighted by Gasteiger charge is 2.21. The molecule has 0 aliphatic rings. The lowest BCUT2D eigenvalue weighted by Crippen LogP contribution is -2.12. The van der Waals surface area contributed by atoms with Crippen LogP contribution in [0.4, 0.5) is 17.1 Å². The van der Waals surface area contributed by atoms with Crippen LogP contribution in [0.5, 0.6) is 0 Å². The standard InChI is InChI=1S/C58H38N2O/c1-2-14-41(15-3-1)49-34-30-43(48-24-12-17-40-16-4-5-20-47(40)48)37-56(49)59(44-32-28-39(29-33-44)42-31-35-58-53(36-42)52-23-8-11-27-57(52)61-58)45-18-13-19-46(38-45)60-54-25-9-6-21-50(54)51-22-7-10-26-55(51)60/h1-38H. The van der Waals surface area contributed by atoms with Crippen LogP contribution in [0, 0.1) is 0 Å². The number of hydrogen-bond acceptors (Lipinski definition) is 2. The second kappa shape index (κ2) is 14.3. The first-order valence-corrected chi connectivity index (χ1v) is 20.8. The first kappa shape index (κ1) is 34.9. The van der Waals surface area contributed by atoms with E-state index in [2.05, 4.69) is 228 Å². The molecule has 2 heterocycles. The summed E-state index contributed by atoms with van der Waals surface area (Å²) in [5.74, 6) is 0. The fraction of sp³-hybridized carbons (Fsp3) is 0. The van der Waals surface area contributed by atoms with Crippen molar-refractivity contribution in [1.29, 1.82) is 0 Å². The lowest BCUT2D eigenvalue weighted by atomic mass is 9.94. The van der Waals surface area contributed by atoms with E-state index in [0.29, 0.717) is 0 Å². The van der Waals surface area contributed by atoms with E-state index in [4.69, 9.17) is 4.42 Å². The summed E-state index contributed by atoms with van der Waals surface area (Å²) in [6.45, 7) is 0. The van der Waals surface area contributed by atoms with Crippen molar-refractivity contribution in [2.24, 2.45) is 0 Å². The molecule has 0 aliphatic heterocycles. The normalized spacial score (nSPS) is 11.6. The maximum Gasteiger partial charge on any atom is 0.135 e. The molecule has 0 bridgehead atoms. The van der Waals surface area contributed by atoms with Crippen LogP contribution in [-0.2, 0) is 0 Å². The molecule has 0 aliphatic carbocycles. The number of fused-ring (bicyclic) bond motifs is 7. The Labute approximate surface area is 353 Å². The van der Waals surface area contributed by atoms with Crippen molar-refractivity contribution >= 4 is 71.6 Å². The van der Waals surface area contributed by atoms with Crippen molar-refractivity contribution < 1.29 is 4.42 Å². The van der Waals surface area contributed by atoms with Crippen LogP contribution in [0.25, 0.3) is 93.6 Å². The monoisotopic (exact) mass is 778 g/mol. The lowest BCUT2D eigenvalue weighted by Gasteiger charge is -2.29. The Morgan fingerprint density at radius 3 is 1.75 bits per heavy atom. The van der Waals surface area contributed by atoms with Crippen LogP contribution < -0.4 is 4.90 Å². The molecule has 12 aromatic rings. The minimum absolute atomic E-state index is 0.899. The molecule has 10 aromatic carbocycles. The van der Waals surface area contributed by atoms with E-state index in [1.807, 2.05) is 12.1 Å². The Morgan fingerprint density at radius 2 is 0.951 bits per heavy atom. The minimum atomic E-state index is 0.899. The highest BCUT2D eigenvalue weighted by molar-refractivity contribution is 6.10. The third-order valence-corrected chi connectivity index (χ3v) is 12.2. The van der Waals surface area contributed by atoms with Crippen LogP contribution in [0.1, 0.15) is 0 Å². The zero-order valence-electron chi connectivity index (χ0n) is 33.2. The number of rotatable bonds is 7. The van der Waals surface area contributed by atoms with Crippen molar-refractivity contribution in [2.45, 2.75) is 0 Å². The predicted molar refractivity (Wildman–Crippen MR) is 257 cm³/mol. The SMILES string of the molecule is c1ccc(-c2ccc(-c3cccc4ccccc34)cc2N(c2ccc(-c3ccc4oc5ccccc5c4c3)cc2)c2cccc(-n3c4ccccc4c4ccccc43)c2)cc1. The number of hydrogen-bond donors (Lipinski definition) is 0. The van der Waals surface area contributed by atoms with E-state index in [1.54, 1.807) is 0 Å². The largest absolute Gasteiger partial charge is 0.456 e. The van der Waals surface area contributed by atoms with Crippen molar-refractivity contribution in [2.75, 3.05) is 4.90 Å². The summed E-state index contributed by atoms with van der Waals surface area (Å²) in [7, 11) is 0. The summed E-state index contributed by atoms with van der Waals surface area (Å²) in [5, 5.41) is 7.19. The smallest absolute Gasteiger partial charge is 0.135 e. The van der Waals surface area contributed by atoms with E-state index in [1.165, 1.54) is 38.1 Å². The van der Waals surface area contributed by atoms with Gasteiger partial charge in [-0.05, 0) is 105 Å².